The summed E-state index contributed by atoms with van der Waals surface area (Å²) in [6, 6.07) is 24.8. The van der Waals surface area contributed by atoms with E-state index in [0.717, 1.165) is 35.0 Å². The number of nitriles is 2. The van der Waals surface area contributed by atoms with Crippen LogP contribution in [0.3, 0.4) is 0 Å². The van der Waals surface area contributed by atoms with E-state index in [1.807, 2.05) is 24.3 Å². The van der Waals surface area contributed by atoms with Crippen LogP contribution in [0.1, 0.15) is 18.4 Å². The zero-order chi connectivity index (χ0) is 18.6. The summed E-state index contributed by atoms with van der Waals surface area (Å²) in [7, 11) is 0. The molecule has 3 aromatic carbocycles. The molecule has 1 fully saturated rings. The van der Waals surface area contributed by atoms with Crippen LogP contribution in [0.4, 0.5) is 5.69 Å². The minimum atomic E-state index is 0.116. The molecule has 1 heterocycles. The smallest absolute Gasteiger partial charge is 0.130 e. The van der Waals surface area contributed by atoms with Crippen molar-refractivity contribution in [1.82, 2.24) is 0 Å². The Morgan fingerprint density at radius 2 is 1.48 bits per heavy atom. The highest BCUT2D eigenvalue weighted by Crippen LogP contribution is 2.38. The van der Waals surface area contributed by atoms with Crippen LogP contribution in [-0.4, -0.2) is 13.1 Å². The van der Waals surface area contributed by atoms with Crippen molar-refractivity contribution in [3.8, 4) is 23.3 Å². The average molecular weight is 349 g/mol. The van der Waals surface area contributed by atoms with E-state index < -0.39 is 0 Å². The first kappa shape index (κ1) is 16.9. The molecule has 0 N–H and O–H groups in total. The van der Waals surface area contributed by atoms with Crippen molar-refractivity contribution in [2.75, 3.05) is 18.0 Å². The molecule has 1 aliphatic heterocycles. The Morgan fingerprint density at radius 3 is 2.22 bits per heavy atom. The van der Waals surface area contributed by atoms with Crippen molar-refractivity contribution < 1.29 is 0 Å². The number of benzene rings is 3. The number of anilines is 1. The molecular weight excluding hydrogens is 330 g/mol. The average Bonchev–Trinajstić information content (AvgIpc) is 3.26. The summed E-state index contributed by atoms with van der Waals surface area (Å²) in [5.41, 5.74) is 4.60. The van der Waals surface area contributed by atoms with Crippen LogP contribution in [-0.2, 0) is 0 Å². The van der Waals surface area contributed by atoms with E-state index in [0.29, 0.717) is 0 Å². The summed E-state index contributed by atoms with van der Waals surface area (Å²) in [5, 5.41) is 20.6. The molecule has 1 saturated heterocycles. The summed E-state index contributed by atoms with van der Waals surface area (Å²) < 4.78 is 0. The van der Waals surface area contributed by atoms with Gasteiger partial charge in [0.2, 0.25) is 0 Å². The second-order valence-electron chi connectivity index (χ2n) is 6.74. The fourth-order valence-corrected chi connectivity index (χ4v) is 3.89. The molecule has 0 saturated carbocycles. The molecule has 27 heavy (non-hydrogen) atoms. The van der Waals surface area contributed by atoms with Crippen molar-refractivity contribution in [3.05, 3.63) is 71.8 Å². The molecule has 130 valence electrons. The molecule has 4 rings (SSSR count). The van der Waals surface area contributed by atoms with E-state index in [1.54, 1.807) is 6.08 Å². The normalized spacial score (nSPS) is 13.2. The number of rotatable bonds is 3. The minimum Gasteiger partial charge on any atom is -0.371 e. The quantitative estimate of drug-likeness (QED) is 0.584. The van der Waals surface area contributed by atoms with Crippen molar-refractivity contribution in [1.29, 1.82) is 10.5 Å². The predicted molar refractivity (Wildman–Crippen MR) is 110 cm³/mol. The third-order valence-corrected chi connectivity index (χ3v) is 5.12. The number of hydrogen-bond acceptors (Lipinski definition) is 3. The third kappa shape index (κ3) is 3.16. The van der Waals surface area contributed by atoms with E-state index in [2.05, 4.69) is 53.4 Å². The second kappa shape index (κ2) is 7.36. The van der Waals surface area contributed by atoms with Crippen molar-refractivity contribution in [2.24, 2.45) is 0 Å². The van der Waals surface area contributed by atoms with Gasteiger partial charge in [0.25, 0.3) is 0 Å². The second-order valence-corrected chi connectivity index (χ2v) is 6.74. The molecular formula is C24H19N3. The Hall–Kier alpha value is -3.56. The predicted octanol–water partition coefficient (Wildman–Crippen LogP) is 5.54. The Bertz CT molecular complexity index is 1090. The number of nitrogens with zero attached hydrogens (tertiary/aromatic N) is 3. The summed E-state index contributed by atoms with van der Waals surface area (Å²) in [6.07, 6.45) is 4.14. The Kier molecular flexibility index (Phi) is 4.60. The molecule has 3 heteroatoms. The first-order valence-electron chi connectivity index (χ1n) is 9.20. The fraction of sp³-hybridized carbons (Fsp3) is 0.167. The van der Waals surface area contributed by atoms with Crippen LogP contribution < -0.4 is 4.90 Å². The zero-order valence-corrected chi connectivity index (χ0v) is 15.0. The lowest BCUT2D eigenvalue weighted by Crippen LogP contribution is -2.18. The van der Waals surface area contributed by atoms with E-state index in [4.69, 9.17) is 0 Å². The van der Waals surface area contributed by atoms with Crippen molar-refractivity contribution in [3.63, 3.8) is 0 Å². The van der Waals surface area contributed by atoms with Crippen LogP contribution in [0.2, 0.25) is 0 Å². The molecule has 3 nitrogen and oxygen atoms in total. The van der Waals surface area contributed by atoms with Gasteiger partial charge < -0.3 is 4.90 Å². The van der Waals surface area contributed by atoms with Gasteiger partial charge in [0, 0.05) is 24.3 Å². The molecule has 1 aliphatic rings. The molecule has 0 spiro atoms. The Morgan fingerprint density at radius 1 is 0.815 bits per heavy atom. The van der Waals surface area contributed by atoms with E-state index in [9.17, 15) is 10.5 Å². The molecule has 0 amide bonds. The minimum absolute atomic E-state index is 0.116. The lowest BCUT2D eigenvalue weighted by Gasteiger charge is -2.22. The molecule has 0 radical (unpaired) electrons. The standard InChI is InChI=1S/C24H19N3/c25-16-18(17-26)15-20-9-5-7-19-8-6-11-22(24(19)20)21-10-1-2-12-23(21)27-13-3-4-14-27/h1-2,5-12,15H,3-4,13-14H2. The summed E-state index contributed by atoms with van der Waals surface area (Å²) in [4.78, 5) is 2.45. The maximum atomic E-state index is 9.19. The van der Waals surface area contributed by atoms with Gasteiger partial charge in [-0.2, -0.15) is 10.5 Å². The van der Waals surface area contributed by atoms with Gasteiger partial charge in [-0.05, 0) is 46.9 Å². The van der Waals surface area contributed by atoms with Crippen LogP contribution in [0, 0.1) is 22.7 Å². The highest BCUT2D eigenvalue weighted by atomic mass is 15.1. The summed E-state index contributed by atoms with van der Waals surface area (Å²) in [6.45, 7) is 2.17. The summed E-state index contributed by atoms with van der Waals surface area (Å²) in [5.74, 6) is 0. The van der Waals surface area contributed by atoms with Gasteiger partial charge in [-0.3, -0.25) is 0 Å². The molecule has 0 unspecified atom stereocenters. The Balaban J connectivity index is 1.98. The lowest BCUT2D eigenvalue weighted by molar-refractivity contribution is 0.949. The van der Waals surface area contributed by atoms with Gasteiger partial charge >= 0.3 is 0 Å². The van der Waals surface area contributed by atoms with Gasteiger partial charge in [0.15, 0.2) is 0 Å². The molecule has 3 aromatic rings. The molecule has 0 atom stereocenters. The molecule has 0 aromatic heterocycles. The van der Waals surface area contributed by atoms with Gasteiger partial charge in [-0.25, -0.2) is 0 Å². The third-order valence-electron chi connectivity index (χ3n) is 5.12. The lowest BCUT2D eigenvalue weighted by atomic mass is 9.92. The number of fused-ring (bicyclic) bond motifs is 1. The van der Waals surface area contributed by atoms with Crippen LogP contribution in [0.15, 0.2) is 66.2 Å². The highest BCUT2D eigenvalue weighted by molar-refractivity contribution is 6.04. The van der Waals surface area contributed by atoms with Crippen LogP contribution in [0.5, 0.6) is 0 Å². The van der Waals surface area contributed by atoms with E-state index in [1.165, 1.54) is 24.1 Å². The maximum Gasteiger partial charge on any atom is 0.130 e. The van der Waals surface area contributed by atoms with Gasteiger partial charge in [-0.15, -0.1) is 0 Å². The summed E-state index contributed by atoms with van der Waals surface area (Å²) >= 11 is 0. The topological polar surface area (TPSA) is 50.8 Å². The Labute approximate surface area is 159 Å². The fourth-order valence-electron chi connectivity index (χ4n) is 3.89. The number of allylic oxidation sites excluding steroid dienone is 1. The molecule has 0 bridgehead atoms. The van der Waals surface area contributed by atoms with Gasteiger partial charge in [-0.1, -0.05) is 54.6 Å². The first-order valence-corrected chi connectivity index (χ1v) is 9.20. The van der Waals surface area contributed by atoms with E-state index in [-0.39, 0.29) is 5.57 Å². The monoisotopic (exact) mass is 349 g/mol. The van der Waals surface area contributed by atoms with Crippen LogP contribution in [0.25, 0.3) is 28.0 Å². The maximum absolute atomic E-state index is 9.19. The van der Waals surface area contributed by atoms with Crippen molar-refractivity contribution in [2.45, 2.75) is 12.8 Å². The SMILES string of the molecule is N#CC(C#N)=Cc1cccc2cccc(-c3ccccc3N3CCCC3)c12. The molecule has 0 aliphatic carbocycles. The first-order chi connectivity index (χ1) is 13.3. The van der Waals surface area contributed by atoms with Gasteiger partial charge in [0.05, 0.1) is 0 Å². The largest absolute Gasteiger partial charge is 0.371 e. The zero-order valence-electron chi connectivity index (χ0n) is 15.0. The van der Waals surface area contributed by atoms with Crippen LogP contribution >= 0.6 is 0 Å². The number of hydrogen-bond donors (Lipinski definition) is 0. The van der Waals surface area contributed by atoms with Gasteiger partial charge in [0.1, 0.15) is 17.7 Å². The highest BCUT2D eigenvalue weighted by Gasteiger charge is 2.18. The van der Waals surface area contributed by atoms with E-state index >= 15 is 0 Å². The number of para-hydroxylation sites is 1. The van der Waals surface area contributed by atoms with Crippen molar-refractivity contribution >= 4 is 22.5 Å².